The molecule has 1 N–H and O–H groups in total. The van der Waals surface area contributed by atoms with E-state index in [1.807, 2.05) is 31.2 Å². The largest absolute Gasteiger partial charge is 0.459 e. The molecule has 3 heteroatoms. The van der Waals surface area contributed by atoms with Gasteiger partial charge in [-0.2, -0.15) is 0 Å². The molecule has 2 rings (SSSR count). The molecule has 0 radical (unpaired) electrons. The van der Waals surface area contributed by atoms with Crippen molar-refractivity contribution in [2.75, 3.05) is 6.54 Å². The summed E-state index contributed by atoms with van der Waals surface area (Å²) < 4.78 is 5.99. The monoisotopic (exact) mass is 291 g/mol. The van der Waals surface area contributed by atoms with E-state index in [9.17, 15) is 0 Å². The van der Waals surface area contributed by atoms with E-state index in [1.165, 1.54) is 0 Å². The van der Waals surface area contributed by atoms with Crippen molar-refractivity contribution in [3.05, 3.63) is 46.7 Å². The molecule has 0 fully saturated rings. The van der Waals surface area contributed by atoms with E-state index in [0.717, 1.165) is 47.1 Å². The Bertz CT molecular complexity index is 562. The third-order valence-corrected chi connectivity index (χ3v) is 3.72. The maximum absolute atomic E-state index is 6.29. The number of halogens is 1. The summed E-state index contributed by atoms with van der Waals surface area (Å²) in [5.74, 6) is 1.81. The van der Waals surface area contributed by atoms with Crippen molar-refractivity contribution in [2.45, 2.75) is 39.7 Å². The summed E-state index contributed by atoms with van der Waals surface area (Å²) >= 11 is 6.29. The van der Waals surface area contributed by atoms with E-state index >= 15 is 0 Å². The van der Waals surface area contributed by atoms with Gasteiger partial charge in [0.25, 0.3) is 0 Å². The third-order valence-electron chi connectivity index (χ3n) is 3.41. The number of rotatable bonds is 6. The zero-order valence-corrected chi connectivity index (χ0v) is 13.1. The van der Waals surface area contributed by atoms with Crippen LogP contribution in [0.15, 0.2) is 34.7 Å². The van der Waals surface area contributed by atoms with Crippen LogP contribution in [-0.4, -0.2) is 6.54 Å². The van der Waals surface area contributed by atoms with Crippen molar-refractivity contribution in [1.29, 1.82) is 0 Å². The summed E-state index contributed by atoms with van der Waals surface area (Å²) in [5, 5.41) is 4.23. The van der Waals surface area contributed by atoms with Gasteiger partial charge in [-0.05, 0) is 56.1 Å². The van der Waals surface area contributed by atoms with Gasteiger partial charge in [0.15, 0.2) is 0 Å². The summed E-state index contributed by atoms with van der Waals surface area (Å²) in [5.41, 5.74) is 2.11. The van der Waals surface area contributed by atoms with Crippen molar-refractivity contribution in [3.8, 4) is 11.3 Å². The van der Waals surface area contributed by atoms with Gasteiger partial charge < -0.3 is 9.73 Å². The molecule has 1 atom stereocenters. The molecule has 0 aliphatic carbocycles. The zero-order chi connectivity index (χ0) is 14.5. The predicted molar refractivity (Wildman–Crippen MR) is 85.2 cm³/mol. The van der Waals surface area contributed by atoms with Crippen LogP contribution in [0, 0.1) is 6.92 Å². The Morgan fingerprint density at radius 1 is 1.20 bits per heavy atom. The van der Waals surface area contributed by atoms with Crippen LogP contribution in [0.3, 0.4) is 0 Å². The maximum atomic E-state index is 6.29. The van der Waals surface area contributed by atoms with Crippen LogP contribution in [0.5, 0.6) is 0 Å². The highest BCUT2D eigenvalue weighted by Gasteiger charge is 2.14. The topological polar surface area (TPSA) is 25.2 Å². The standard InChI is InChI=1S/C17H22ClNO/c1-4-10-19-15(5-2)17-9-8-16(20-17)13-7-6-12(3)11-14(13)18/h6-9,11,15,19H,4-5,10H2,1-3H3. The average molecular weight is 292 g/mol. The molecule has 0 saturated heterocycles. The number of furan rings is 1. The van der Waals surface area contributed by atoms with Crippen molar-refractivity contribution < 1.29 is 4.42 Å². The van der Waals surface area contributed by atoms with Crippen LogP contribution >= 0.6 is 11.6 Å². The lowest BCUT2D eigenvalue weighted by molar-refractivity contribution is 0.411. The molecule has 0 spiro atoms. The Balaban J connectivity index is 2.23. The number of hydrogen-bond acceptors (Lipinski definition) is 2. The van der Waals surface area contributed by atoms with E-state index in [2.05, 4.69) is 25.2 Å². The van der Waals surface area contributed by atoms with Gasteiger partial charge in [0.2, 0.25) is 0 Å². The summed E-state index contributed by atoms with van der Waals surface area (Å²) in [6.45, 7) is 7.36. The molecule has 1 aromatic carbocycles. The Morgan fingerprint density at radius 3 is 2.65 bits per heavy atom. The minimum absolute atomic E-state index is 0.271. The van der Waals surface area contributed by atoms with E-state index in [0.29, 0.717) is 0 Å². The highest BCUT2D eigenvalue weighted by Crippen LogP contribution is 2.32. The Morgan fingerprint density at radius 2 is 2.00 bits per heavy atom. The Kier molecular flexibility index (Phi) is 5.27. The van der Waals surface area contributed by atoms with Gasteiger partial charge >= 0.3 is 0 Å². The zero-order valence-electron chi connectivity index (χ0n) is 12.4. The minimum Gasteiger partial charge on any atom is -0.459 e. The number of nitrogens with one attached hydrogen (secondary N) is 1. The van der Waals surface area contributed by atoms with Gasteiger partial charge in [0, 0.05) is 5.56 Å². The summed E-state index contributed by atoms with van der Waals surface area (Å²) in [7, 11) is 0. The average Bonchev–Trinajstić information content (AvgIpc) is 2.89. The van der Waals surface area contributed by atoms with E-state index in [-0.39, 0.29) is 6.04 Å². The summed E-state index contributed by atoms with van der Waals surface area (Å²) in [6, 6.07) is 10.3. The van der Waals surface area contributed by atoms with E-state index in [4.69, 9.17) is 16.0 Å². The number of benzene rings is 1. The second kappa shape index (κ2) is 6.96. The normalized spacial score (nSPS) is 12.6. The molecule has 1 heterocycles. The van der Waals surface area contributed by atoms with Gasteiger partial charge in [-0.1, -0.05) is 31.5 Å². The third kappa shape index (κ3) is 3.44. The van der Waals surface area contributed by atoms with Crippen LogP contribution < -0.4 is 5.32 Å². The predicted octanol–water partition coefficient (Wildman–Crippen LogP) is 5.36. The van der Waals surface area contributed by atoms with Crippen molar-refractivity contribution >= 4 is 11.6 Å². The first-order valence-corrected chi connectivity index (χ1v) is 7.63. The first-order chi connectivity index (χ1) is 9.65. The van der Waals surface area contributed by atoms with Gasteiger partial charge in [-0.3, -0.25) is 0 Å². The quantitative estimate of drug-likeness (QED) is 0.775. The van der Waals surface area contributed by atoms with Gasteiger partial charge in [-0.15, -0.1) is 0 Å². The van der Waals surface area contributed by atoms with Crippen LogP contribution in [-0.2, 0) is 0 Å². The fourth-order valence-electron chi connectivity index (χ4n) is 2.27. The molecule has 108 valence electrons. The summed E-state index contributed by atoms with van der Waals surface area (Å²) in [6.07, 6.45) is 2.13. The van der Waals surface area contributed by atoms with Gasteiger partial charge in [0.1, 0.15) is 11.5 Å². The van der Waals surface area contributed by atoms with Crippen molar-refractivity contribution in [3.63, 3.8) is 0 Å². The van der Waals surface area contributed by atoms with Crippen molar-refractivity contribution in [1.82, 2.24) is 5.32 Å². The molecular weight excluding hydrogens is 270 g/mol. The van der Waals surface area contributed by atoms with E-state index in [1.54, 1.807) is 0 Å². The Labute approximate surface area is 126 Å². The second-order valence-electron chi connectivity index (χ2n) is 5.10. The van der Waals surface area contributed by atoms with E-state index < -0.39 is 0 Å². The smallest absolute Gasteiger partial charge is 0.135 e. The molecule has 0 amide bonds. The fraction of sp³-hybridized carbons (Fsp3) is 0.412. The molecular formula is C17H22ClNO. The second-order valence-corrected chi connectivity index (χ2v) is 5.51. The molecule has 20 heavy (non-hydrogen) atoms. The molecule has 0 aliphatic heterocycles. The molecule has 0 saturated carbocycles. The Hall–Kier alpha value is -1.25. The molecule has 0 bridgehead atoms. The maximum Gasteiger partial charge on any atom is 0.135 e. The SMILES string of the molecule is CCCNC(CC)c1ccc(-c2ccc(C)cc2Cl)o1. The summed E-state index contributed by atoms with van der Waals surface area (Å²) in [4.78, 5) is 0. The number of hydrogen-bond donors (Lipinski definition) is 1. The first kappa shape index (κ1) is 15.1. The van der Waals surface area contributed by atoms with Crippen LogP contribution in [0.1, 0.15) is 44.1 Å². The van der Waals surface area contributed by atoms with Gasteiger partial charge in [0.05, 0.1) is 11.1 Å². The molecule has 1 aromatic heterocycles. The van der Waals surface area contributed by atoms with Crippen molar-refractivity contribution in [2.24, 2.45) is 0 Å². The number of aryl methyl sites for hydroxylation is 1. The molecule has 0 aliphatic rings. The lowest BCUT2D eigenvalue weighted by Gasteiger charge is -2.13. The van der Waals surface area contributed by atoms with Crippen LogP contribution in [0.25, 0.3) is 11.3 Å². The highest BCUT2D eigenvalue weighted by atomic mass is 35.5. The first-order valence-electron chi connectivity index (χ1n) is 7.25. The molecule has 2 nitrogen and oxygen atoms in total. The van der Waals surface area contributed by atoms with Gasteiger partial charge in [-0.25, -0.2) is 0 Å². The fourth-order valence-corrected chi connectivity index (χ4v) is 2.60. The minimum atomic E-state index is 0.271. The van der Waals surface area contributed by atoms with Crippen LogP contribution in [0.4, 0.5) is 0 Å². The molecule has 2 aromatic rings. The highest BCUT2D eigenvalue weighted by molar-refractivity contribution is 6.33. The molecule has 1 unspecified atom stereocenters. The van der Waals surface area contributed by atoms with Crippen LogP contribution in [0.2, 0.25) is 5.02 Å². The lowest BCUT2D eigenvalue weighted by atomic mass is 10.1. The lowest BCUT2D eigenvalue weighted by Crippen LogP contribution is -2.20.